The molecule has 0 saturated carbocycles. The van der Waals surface area contributed by atoms with Gasteiger partial charge < -0.3 is 9.64 Å². The topological polar surface area (TPSA) is 45.7 Å². The lowest BCUT2D eigenvalue weighted by molar-refractivity contribution is -0.129. The van der Waals surface area contributed by atoms with E-state index in [9.17, 15) is 4.79 Å². The molecule has 0 unspecified atom stereocenters. The molecule has 1 aliphatic rings. The van der Waals surface area contributed by atoms with Gasteiger partial charge in [-0.15, -0.1) is 0 Å². The van der Waals surface area contributed by atoms with Gasteiger partial charge in [-0.1, -0.05) is 0 Å². The SMILES string of the molecule is COC[C@@H]1CN(Cc2ccncc2)CCN(C(C)=O)C1. The van der Waals surface area contributed by atoms with Crippen molar-refractivity contribution in [2.45, 2.75) is 13.5 Å². The van der Waals surface area contributed by atoms with Gasteiger partial charge in [0.05, 0.1) is 6.61 Å². The average molecular weight is 277 g/mol. The molecule has 1 fully saturated rings. The zero-order valence-corrected chi connectivity index (χ0v) is 12.3. The molecule has 1 aliphatic heterocycles. The molecule has 0 aromatic carbocycles. The molecule has 0 radical (unpaired) electrons. The molecular formula is C15H23N3O2. The van der Waals surface area contributed by atoms with Gasteiger partial charge in [0.2, 0.25) is 5.91 Å². The van der Waals surface area contributed by atoms with Crippen LogP contribution in [0.1, 0.15) is 12.5 Å². The van der Waals surface area contributed by atoms with E-state index in [2.05, 4.69) is 9.88 Å². The van der Waals surface area contributed by atoms with E-state index in [0.29, 0.717) is 12.5 Å². The standard InChI is InChI=1S/C15H23N3O2/c1-13(19)18-8-7-17(10-15(11-18)12-20-2)9-14-3-5-16-6-4-14/h3-6,15H,7-12H2,1-2H3/t15-/m1/s1. The number of carbonyl (C=O) groups is 1. The number of aromatic nitrogens is 1. The maximum Gasteiger partial charge on any atom is 0.219 e. The molecule has 110 valence electrons. The van der Waals surface area contributed by atoms with Crippen molar-refractivity contribution in [1.82, 2.24) is 14.8 Å². The number of rotatable bonds is 4. The molecule has 0 N–H and O–H groups in total. The van der Waals surface area contributed by atoms with Gasteiger partial charge in [0.1, 0.15) is 0 Å². The van der Waals surface area contributed by atoms with Crippen LogP contribution in [0.2, 0.25) is 0 Å². The van der Waals surface area contributed by atoms with E-state index in [4.69, 9.17) is 4.74 Å². The number of methoxy groups -OCH3 is 1. The second-order valence-electron chi connectivity index (χ2n) is 5.38. The summed E-state index contributed by atoms with van der Waals surface area (Å²) in [7, 11) is 1.72. The number of ether oxygens (including phenoxy) is 1. The van der Waals surface area contributed by atoms with Gasteiger partial charge in [0, 0.05) is 65.1 Å². The van der Waals surface area contributed by atoms with Crippen molar-refractivity contribution >= 4 is 5.91 Å². The second-order valence-corrected chi connectivity index (χ2v) is 5.38. The Morgan fingerprint density at radius 2 is 2.10 bits per heavy atom. The lowest BCUT2D eigenvalue weighted by Crippen LogP contribution is -2.35. The van der Waals surface area contributed by atoms with Crippen molar-refractivity contribution < 1.29 is 9.53 Å². The summed E-state index contributed by atoms with van der Waals surface area (Å²) in [5.74, 6) is 0.519. The predicted molar refractivity (Wildman–Crippen MR) is 77.1 cm³/mol. The molecule has 2 heterocycles. The molecule has 0 aliphatic carbocycles. The predicted octanol–water partition coefficient (Wildman–Crippen LogP) is 1.01. The lowest BCUT2D eigenvalue weighted by Gasteiger charge is -2.23. The van der Waals surface area contributed by atoms with E-state index in [1.807, 2.05) is 29.4 Å². The van der Waals surface area contributed by atoms with Crippen LogP contribution in [0.3, 0.4) is 0 Å². The number of hydrogen-bond acceptors (Lipinski definition) is 4. The Labute approximate surface area is 120 Å². The minimum Gasteiger partial charge on any atom is -0.384 e. The van der Waals surface area contributed by atoms with E-state index in [-0.39, 0.29) is 5.91 Å². The molecule has 2 rings (SSSR count). The number of amides is 1. The first-order valence-corrected chi connectivity index (χ1v) is 7.04. The van der Waals surface area contributed by atoms with Crippen LogP contribution in [0.15, 0.2) is 24.5 Å². The van der Waals surface area contributed by atoms with Crippen LogP contribution < -0.4 is 0 Å². The van der Waals surface area contributed by atoms with Gasteiger partial charge >= 0.3 is 0 Å². The normalized spacial score (nSPS) is 20.7. The van der Waals surface area contributed by atoms with E-state index >= 15 is 0 Å². The first-order valence-electron chi connectivity index (χ1n) is 7.04. The van der Waals surface area contributed by atoms with Crippen molar-refractivity contribution in [3.05, 3.63) is 30.1 Å². The van der Waals surface area contributed by atoms with Gasteiger partial charge in [-0.05, 0) is 17.7 Å². The molecule has 1 aromatic rings. The summed E-state index contributed by atoms with van der Waals surface area (Å²) in [6.07, 6.45) is 3.64. The van der Waals surface area contributed by atoms with Gasteiger partial charge in [-0.2, -0.15) is 0 Å². The number of pyridine rings is 1. The highest BCUT2D eigenvalue weighted by Gasteiger charge is 2.24. The summed E-state index contributed by atoms with van der Waals surface area (Å²) in [6.45, 7) is 6.67. The fourth-order valence-electron chi connectivity index (χ4n) is 2.70. The third-order valence-electron chi connectivity index (χ3n) is 3.68. The van der Waals surface area contributed by atoms with Gasteiger partial charge in [-0.25, -0.2) is 0 Å². The minimum atomic E-state index is 0.150. The summed E-state index contributed by atoms with van der Waals surface area (Å²) in [4.78, 5) is 20.0. The molecule has 1 amide bonds. The summed E-state index contributed by atoms with van der Waals surface area (Å²) in [5, 5.41) is 0. The monoisotopic (exact) mass is 277 g/mol. The number of carbonyl (C=O) groups excluding carboxylic acids is 1. The van der Waals surface area contributed by atoms with Crippen molar-refractivity contribution in [2.75, 3.05) is 39.9 Å². The Balaban J connectivity index is 2.00. The fourth-order valence-corrected chi connectivity index (χ4v) is 2.70. The molecule has 0 bridgehead atoms. The van der Waals surface area contributed by atoms with Crippen LogP contribution in [0.4, 0.5) is 0 Å². The van der Waals surface area contributed by atoms with Crippen LogP contribution in [0, 0.1) is 5.92 Å². The minimum absolute atomic E-state index is 0.150. The van der Waals surface area contributed by atoms with E-state index in [1.165, 1.54) is 5.56 Å². The number of hydrogen-bond donors (Lipinski definition) is 0. The van der Waals surface area contributed by atoms with Crippen molar-refractivity contribution in [1.29, 1.82) is 0 Å². The Kier molecular flexibility index (Phi) is 5.49. The molecule has 5 nitrogen and oxygen atoms in total. The van der Waals surface area contributed by atoms with Gasteiger partial charge in [-0.3, -0.25) is 14.7 Å². The summed E-state index contributed by atoms with van der Waals surface area (Å²) >= 11 is 0. The largest absolute Gasteiger partial charge is 0.384 e. The molecule has 0 spiro atoms. The second kappa shape index (κ2) is 7.36. The highest BCUT2D eigenvalue weighted by molar-refractivity contribution is 5.73. The van der Waals surface area contributed by atoms with Crippen LogP contribution in [0.25, 0.3) is 0 Å². The summed E-state index contributed by atoms with van der Waals surface area (Å²) < 4.78 is 5.29. The first-order chi connectivity index (χ1) is 9.69. The highest BCUT2D eigenvalue weighted by Crippen LogP contribution is 2.13. The Bertz CT molecular complexity index is 424. The fraction of sp³-hybridized carbons (Fsp3) is 0.600. The lowest BCUT2D eigenvalue weighted by atomic mass is 10.1. The van der Waals surface area contributed by atoms with Crippen LogP contribution in [-0.2, 0) is 16.1 Å². The van der Waals surface area contributed by atoms with E-state index in [1.54, 1.807) is 14.0 Å². The third kappa shape index (κ3) is 4.28. The van der Waals surface area contributed by atoms with Crippen molar-refractivity contribution in [2.24, 2.45) is 5.92 Å². The Morgan fingerprint density at radius 1 is 1.35 bits per heavy atom. The molecule has 20 heavy (non-hydrogen) atoms. The number of nitrogens with zero attached hydrogens (tertiary/aromatic N) is 3. The molecular weight excluding hydrogens is 254 g/mol. The Morgan fingerprint density at radius 3 is 2.75 bits per heavy atom. The van der Waals surface area contributed by atoms with Crippen molar-refractivity contribution in [3.63, 3.8) is 0 Å². The zero-order valence-electron chi connectivity index (χ0n) is 12.3. The quantitative estimate of drug-likeness (QED) is 0.824. The summed E-state index contributed by atoms with van der Waals surface area (Å²) in [5.41, 5.74) is 1.26. The zero-order chi connectivity index (χ0) is 14.4. The average Bonchev–Trinajstić information content (AvgIpc) is 2.63. The first kappa shape index (κ1) is 14.9. The van der Waals surface area contributed by atoms with Crippen LogP contribution >= 0.6 is 0 Å². The Hall–Kier alpha value is -1.46. The van der Waals surface area contributed by atoms with Crippen LogP contribution in [0.5, 0.6) is 0 Å². The van der Waals surface area contributed by atoms with Gasteiger partial charge in [0.25, 0.3) is 0 Å². The molecule has 1 aromatic heterocycles. The van der Waals surface area contributed by atoms with Crippen molar-refractivity contribution in [3.8, 4) is 0 Å². The highest BCUT2D eigenvalue weighted by atomic mass is 16.5. The maximum atomic E-state index is 11.6. The van der Waals surface area contributed by atoms with Crippen LogP contribution in [-0.4, -0.2) is 60.6 Å². The summed E-state index contributed by atoms with van der Waals surface area (Å²) in [6, 6.07) is 4.08. The third-order valence-corrected chi connectivity index (χ3v) is 3.68. The van der Waals surface area contributed by atoms with Gasteiger partial charge in [0.15, 0.2) is 0 Å². The molecule has 1 atom stereocenters. The molecule has 5 heteroatoms. The molecule has 1 saturated heterocycles. The maximum absolute atomic E-state index is 11.6. The smallest absolute Gasteiger partial charge is 0.219 e. The van der Waals surface area contributed by atoms with E-state index < -0.39 is 0 Å². The van der Waals surface area contributed by atoms with E-state index in [0.717, 1.165) is 32.7 Å².